The molecule has 0 fully saturated rings. The van der Waals surface area contributed by atoms with Gasteiger partial charge in [0.1, 0.15) is 6.61 Å². The molecule has 6 heteroatoms. The van der Waals surface area contributed by atoms with Gasteiger partial charge in [-0.1, -0.05) is 0 Å². The predicted octanol–water partition coefficient (Wildman–Crippen LogP) is 2.21. The summed E-state index contributed by atoms with van der Waals surface area (Å²) in [5.74, 6) is -0.0683. The average Bonchev–Trinajstić information content (AvgIpc) is 2.42. The van der Waals surface area contributed by atoms with Crippen LogP contribution in [0.2, 0.25) is 0 Å². The van der Waals surface area contributed by atoms with Crippen molar-refractivity contribution in [3.05, 3.63) is 17.7 Å². The molecule has 0 aromatic heterocycles. The molecule has 0 bridgehead atoms. The number of hydrogen-bond acceptors (Lipinski definition) is 5. The van der Waals surface area contributed by atoms with Crippen LogP contribution in [0.15, 0.2) is 12.1 Å². The minimum Gasteiger partial charge on any atom is -0.493 e. The van der Waals surface area contributed by atoms with E-state index in [0.717, 1.165) is 0 Å². The zero-order chi connectivity index (χ0) is 15.1. The molecule has 0 radical (unpaired) electrons. The summed E-state index contributed by atoms with van der Waals surface area (Å²) in [5, 5.41) is 9.02. The number of carboxylic acids is 1. The fourth-order valence-electron chi connectivity index (χ4n) is 1.57. The predicted molar refractivity (Wildman–Crippen MR) is 73.1 cm³/mol. The topological polar surface area (TPSA) is 74.2 Å². The Morgan fingerprint density at radius 2 is 1.70 bits per heavy atom. The van der Waals surface area contributed by atoms with Gasteiger partial charge in [0.2, 0.25) is 5.75 Å². The Balaban J connectivity index is 2.90. The van der Waals surface area contributed by atoms with E-state index in [2.05, 4.69) is 0 Å². The normalized spacial score (nSPS) is 10.4. The van der Waals surface area contributed by atoms with Gasteiger partial charge >= 0.3 is 5.97 Å². The number of methoxy groups -OCH3 is 2. The minimum absolute atomic E-state index is 0.0736. The smallest absolute Gasteiger partial charge is 0.335 e. The van der Waals surface area contributed by atoms with Crippen molar-refractivity contribution in [1.29, 1.82) is 0 Å². The fraction of sp³-hybridized carbons (Fsp3) is 0.500. The van der Waals surface area contributed by atoms with E-state index >= 15 is 0 Å². The van der Waals surface area contributed by atoms with Gasteiger partial charge in [-0.3, -0.25) is 0 Å². The minimum atomic E-state index is -1.06. The molecular weight excluding hydrogens is 264 g/mol. The number of hydrogen-bond donors (Lipinski definition) is 1. The number of rotatable bonds is 8. The maximum absolute atomic E-state index is 11.0. The Bertz CT molecular complexity index is 430. The van der Waals surface area contributed by atoms with Crippen LogP contribution < -0.4 is 14.2 Å². The Hall–Kier alpha value is -1.95. The van der Waals surface area contributed by atoms with Crippen molar-refractivity contribution in [2.45, 2.75) is 20.0 Å². The van der Waals surface area contributed by atoms with Crippen molar-refractivity contribution in [2.75, 3.05) is 27.4 Å². The van der Waals surface area contributed by atoms with Crippen LogP contribution in [-0.4, -0.2) is 44.6 Å². The van der Waals surface area contributed by atoms with Gasteiger partial charge in [-0.25, -0.2) is 4.79 Å². The highest BCUT2D eigenvalue weighted by atomic mass is 16.6. The Morgan fingerprint density at radius 1 is 1.15 bits per heavy atom. The standard InChI is InChI=1S/C14H20O6/c1-9(2)19-5-6-20-13-11(17-3)7-10(14(15)16)8-12(13)18-4/h7-9H,5-6H2,1-4H3,(H,15,16). The summed E-state index contributed by atoms with van der Waals surface area (Å²) < 4.78 is 21.2. The number of benzene rings is 1. The van der Waals surface area contributed by atoms with Crippen LogP contribution >= 0.6 is 0 Å². The molecule has 0 aliphatic rings. The SMILES string of the molecule is COc1cc(C(=O)O)cc(OC)c1OCCOC(C)C. The monoisotopic (exact) mass is 284 g/mol. The molecule has 0 unspecified atom stereocenters. The summed E-state index contributed by atoms with van der Waals surface area (Å²) in [4.78, 5) is 11.0. The number of carbonyl (C=O) groups is 1. The molecule has 0 spiro atoms. The van der Waals surface area contributed by atoms with Crippen LogP contribution in [0, 0.1) is 0 Å². The Kier molecular flexibility index (Phi) is 6.11. The van der Waals surface area contributed by atoms with E-state index in [1.807, 2.05) is 13.8 Å². The van der Waals surface area contributed by atoms with Crippen molar-refractivity contribution in [2.24, 2.45) is 0 Å². The summed E-state index contributed by atoms with van der Waals surface area (Å²) >= 11 is 0. The second kappa shape index (κ2) is 7.59. The number of aromatic carboxylic acids is 1. The van der Waals surface area contributed by atoms with Crippen LogP contribution in [0.3, 0.4) is 0 Å². The molecule has 112 valence electrons. The molecule has 0 amide bonds. The van der Waals surface area contributed by atoms with Crippen LogP contribution in [0.1, 0.15) is 24.2 Å². The maximum Gasteiger partial charge on any atom is 0.335 e. The quantitative estimate of drug-likeness (QED) is 0.738. The fourth-order valence-corrected chi connectivity index (χ4v) is 1.57. The van der Waals surface area contributed by atoms with Crippen LogP contribution in [0.4, 0.5) is 0 Å². The van der Waals surface area contributed by atoms with Crippen LogP contribution in [0.25, 0.3) is 0 Å². The highest BCUT2D eigenvalue weighted by Gasteiger charge is 2.17. The van der Waals surface area contributed by atoms with Crippen molar-refractivity contribution in [3.63, 3.8) is 0 Å². The Morgan fingerprint density at radius 3 is 2.10 bits per heavy atom. The largest absolute Gasteiger partial charge is 0.493 e. The molecule has 1 aromatic carbocycles. The first-order valence-corrected chi connectivity index (χ1v) is 6.23. The molecule has 0 saturated heterocycles. The molecular formula is C14H20O6. The second-order valence-corrected chi connectivity index (χ2v) is 4.28. The van der Waals surface area contributed by atoms with Gasteiger partial charge in [0, 0.05) is 0 Å². The molecule has 1 N–H and O–H groups in total. The summed E-state index contributed by atoms with van der Waals surface area (Å²) in [6.45, 7) is 4.60. The third-order valence-electron chi connectivity index (χ3n) is 2.49. The number of carboxylic acid groups (broad SMARTS) is 1. The average molecular weight is 284 g/mol. The molecule has 20 heavy (non-hydrogen) atoms. The highest BCUT2D eigenvalue weighted by Crippen LogP contribution is 2.38. The summed E-state index contributed by atoms with van der Waals surface area (Å²) in [7, 11) is 2.88. The molecule has 1 aromatic rings. The van der Waals surface area contributed by atoms with E-state index < -0.39 is 5.97 Å². The lowest BCUT2D eigenvalue weighted by molar-refractivity contribution is 0.0539. The van der Waals surface area contributed by atoms with Crippen molar-refractivity contribution in [3.8, 4) is 17.2 Å². The zero-order valence-electron chi connectivity index (χ0n) is 12.1. The molecule has 6 nitrogen and oxygen atoms in total. The lowest BCUT2D eigenvalue weighted by Gasteiger charge is -2.15. The van der Waals surface area contributed by atoms with Gasteiger partial charge in [0.15, 0.2) is 11.5 Å². The van der Waals surface area contributed by atoms with Gasteiger partial charge in [-0.2, -0.15) is 0 Å². The summed E-state index contributed by atoms with van der Waals surface area (Å²) in [6, 6.07) is 2.78. The van der Waals surface area contributed by atoms with E-state index in [9.17, 15) is 4.79 Å². The molecule has 0 aliphatic carbocycles. The Labute approximate surface area is 118 Å². The maximum atomic E-state index is 11.0. The molecule has 0 heterocycles. The van der Waals surface area contributed by atoms with Gasteiger partial charge < -0.3 is 24.1 Å². The van der Waals surface area contributed by atoms with E-state index in [1.54, 1.807) is 0 Å². The van der Waals surface area contributed by atoms with Gasteiger partial charge in [-0.05, 0) is 26.0 Å². The third-order valence-corrected chi connectivity index (χ3v) is 2.49. The zero-order valence-corrected chi connectivity index (χ0v) is 12.1. The lowest BCUT2D eigenvalue weighted by Crippen LogP contribution is -2.12. The van der Waals surface area contributed by atoms with E-state index in [-0.39, 0.29) is 11.7 Å². The van der Waals surface area contributed by atoms with Crippen LogP contribution in [-0.2, 0) is 4.74 Å². The van der Waals surface area contributed by atoms with Crippen molar-refractivity contribution in [1.82, 2.24) is 0 Å². The van der Waals surface area contributed by atoms with E-state index in [0.29, 0.717) is 30.5 Å². The van der Waals surface area contributed by atoms with Gasteiger partial charge in [0.25, 0.3) is 0 Å². The molecule has 0 atom stereocenters. The second-order valence-electron chi connectivity index (χ2n) is 4.28. The highest BCUT2D eigenvalue weighted by molar-refractivity contribution is 5.89. The van der Waals surface area contributed by atoms with Gasteiger partial charge in [-0.15, -0.1) is 0 Å². The van der Waals surface area contributed by atoms with E-state index in [1.165, 1.54) is 26.4 Å². The summed E-state index contributed by atoms with van der Waals surface area (Å²) in [6.07, 6.45) is 0.122. The molecule has 0 saturated carbocycles. The first kappa shape index (κ1) is 16.1. The summed E-state index contributed by atoms with van der Waals surface area (Å²) in [5.41, 5.74) is 0.0736. The first-order valence-electron chi connectivity index (χ1n) is 6.23. The molecule has 1 rings (SSSR count). The first-order chi connectivity index (χ1) is 9.49. The van der Waals surface area contributed by atoms with Crippen LogP contribution in [0.5, 0.6) is 17.2 Å². The number of ether oxygens (including phenoxy) is 4. The molecule has 0 aliphatic heterocycles. The third kappa shape index (κ3) is 4.31. The van der Waals surface area contributed by atoms with E-state index in [4.69, 9.17) is 24.1 Å². The van der Waals surface area contributed by atoms with Crippen molar-refractivity contribution >= 4 is 5.97 Å². The van der Waals surface area contributed by atoms with Gasteiger partial charge in [0.05, 0.1) is 32.5 Å². The lowest BCUT2D eigenvalue weighted by atomic mass is 10.2. The van der Waals surface area contributed by atoms with Crippen molar-refractivity contribution < 1.29 is 28.8 Å².